The van der Waals surface area contributed by atoms with Crippen molar-refractivity contribution >= 4 is 17.2 Å². The fourth-order valence-electron chi connectivity index (χ4n) is 1.44. The number of carbonyl (C=O) groups excluding carboxylic acids is 1. The molecule has 2 aromatic rings. The molecular formula is C13H13NOS. The maximum absolute atomic E-state index is 11.7. The Morgan fingerprint density at radius 3 is 2.62 bits per heavy atom. The molecule has 1 heterocycles. The third-order valence-corrected chi connectivity index (χ3v) is 3.35. The van der Waals surface area contributed by atoms with Crippen molar-refractivity contribution in [2.75, 3.05) is 0 Å². The van der Waals surface area contributed by atoms with Crippen LogP contribution in [0.1, 0.15) is 21.5 Å². The minimum atomic E-state index is -0.0220. The molecule has 0 saturated carbocycles. The topological polar surface area (TPSA) is 29.1 Å². The van der Waals surface area contributed by atoms with E-state index in [1.165, 1.54) is 11.1 Å². The van der Waals surface area contributed by atoms with Gasteiger partial charge in [0.25, 0.3) is 5.91 Å². The molecular weight excluding hydrogens is 218 g/mol. The molecule has 0 bridgehead atoms. The Hall–Kier alpha value is -1.61. The highest BCUT2D eigenvalue weighted by Crippen LogP contribution is 2.13. The van der Waals surface area contributed by atoms with Gasteiger partial charge in [0.05, 0.1) is 0 Å². The fourth-order valence-corrected chi connectivity index (χ4v) is 2.29. The average Bonchev–Trinajstić information content (AvgIpc) is 2.73. The van der Waals surface area contributed by atoms with Gasteiger partial charge in [0.1, 0.15) is 0 Å². The summed E-state index contributed by atoms with van der Waals surface area (Å²) in [4.78, 5) is 11.7. The van der Waals surface area contributed by atoms with Crippen molar-refractivity contribution in [3.8, 4) is 0 Å². The minimum absolute atomic E-state index is 0.0220. The van der Waals surface area contributed by atoms with E-state index in [-0.39, 0.29) is 5.91 Å². The highest BCUT2D eigenvalue weighted by atomic mass is 32.1. The van der Waals surface area contributed by atoms with Crippen LogP contribution < -0.4 is 5.32 Å². The number of thiophene rings is 1. The zero-order valence-corrected chi connectivity index (χ0v) is 9.88. The summed E-state index contributed by atoms with van der Waals surface area (Å²) < 4.78 is 0. The summed E-state index contributed by atoms with van der Waals surface area (Å²) in [5.74, 6) is -0.0220. The molecule has 0 radical (unpaired) electrons. The lowest BCUT2D eigenvalue weighted by molar-refractivity contribution is 0.0951. The molecule has 0 spiro atoms. The summed E-state index contributed by atoms with van der Waals surface area (Å²) in [5.41, 5.74) is 3.13. The van der Waals surface area contributed by atoms with Crippen LogP contribution in [0.3, 0.4) is 0 Å². The molecule has 2 nitrogen and oxygen atoms in total. The van der Waals surface area contributed by atoms with E-state index >= 15 is 0 Å². The highest BCUT2D eigenvalue weighted by Gasteiger charge is 2.05. The van der Waals surface area contributed by atoms with Crippen molar-refractivity contribution in [2.45, 2.75) is 13.5 Å². The van der Waals surface area contributed by atoms with Gasteiger partial charge in [0.15, 0.2) is 0 Å². The smallest absolute Gasteiger partial charge is 0.251 e. The minimum Gasteiger partial charge on any atom is -0.348 e. The number of hydrogen-bond donors (Lipinski definition) is 1. The molecule has 0 atom stereocenters. The van der Waals surface area contributed by atoms with Crippen LogP contribution in [0.2, 0.25) is 0 Å². The Bertz CT molecular complexity index is 476. The number of hydrogen-bond acceptors (Lipinski definition) is 2. The van der Waals surface area contributed by atoms with Crippen molar-refractivity contribution < 1.29 is 4.79 Å². The average molecular weight is 231 g/mol. The largest absolute Gasteiger partial charge is 0.348 e. The maximum Gasteiger partial charge on any atom is 0.251 e. The lowest BCUT2D eigenvalue weighted by Gasteiger charge is -2.04. The first-order valence-corrected chi connectivity index (χ1v) is 6.06. The molecule has 0 saturated heterocycles. The van der Waals surface area contributed by atoms with Crippen molar-refractivity contribution in [3.05, 3.63) is 57.8 Å². The van der Waals surface area contributed by atoms with Gasteiger partial charge in [0, 0.05) is 12.1 Å². The van der Waals surface area contributed by atoms with Crippen molar-refractivity contribution in [2.24, 2.45) is 0 Å². The van der Waals surface area contributed by atoms with Crippen LogP contribution in [0.5, 0.6) is 0 Å². The van der Waals surface area contributed by atoms with E-state index in [2.05, 4.69) is 23.0 Å². The summed E-state index contributed by atoms with van der Waals surface area (Å²) in [6.07, 6.45) is 0. The molecule has 0 aliphatic heterocycles. The van der Waals surface area contributed by atoms with Crippen LogP contribution in [-0.4, -0.2) is 5.91 Å². The lowest BCUT2D eigenvalue weighted by Crippen LogP contribution is -2.22. The molecule has 1 N–H and O–H groups in total. The summed E-state index contributed by atoms with van der Waals surface area (Å²) in [7, 11) is 0. The van der Waals surface area contributed by atoms with Gasteiger partial charge < -0.3 is 5.32 Å². The monoisotopic (exact) mass is 231 g/mol. The van der Waals surface area contributed by atoms with Crippen LogP contribution >= 0.6 is 11.3 Å². The first-order valence-electron chi connectivity index (χ1n) is 5.12. The third kappa shape index (κ3) is 2.49. The van der Waals surface area contributed by atoms with Gasteiger partial charge in [-0.3, -0.25) is 4.79 Å². The molecule has 1 aromatic heterocycles. The van der Waals surface area contributed by atoms with Crippen LogP contribution in [0.15, 0.2) is 41.1 Å². The summed E-state index contributed by atoms with van der Waals surface area (Å²) in [6.45, 7) is 2.66. The van der Waals surface area contributed by atoms with Gasteiger partial charge in [-0.05, 0) is 40.9 Å². The Morgan fingerprint density at radius 2 is 2.00 bits per heavy atom. The van der Waals surface area contributed by atoms with Crippen LogP contribution in [0.4, 0.5) is 0 Å². The molecule has 82 valence electrons. The second-order valence-corrected chi connectivity index (χ2v) is 4.37. The fraction of sp³-hybridized carbons (Fsp3) is 0.154. The zero-order chi connectivity index (χ0) is 11.4. The number of carbonyl (C=O) groups is 1. The predicted molar refractivity (Wildman–Crippen MR) is 66.7 cm³/mol. The zero-order valence-electron chi connectivity index (χ0n) is 9.07. The van der Waals surface area contributed by atoms with Gasteiger partial charge in [-0.15, -0.1) is 0 Å². The van der Waals surface area contributed by atoms with E-state index in [1.807, 2.05) is 30.3 Å². The molecule has 3 heteroatoms. The van der Waals surface area contributed by atoms with E-state index in [1.54, 1.807) is 11.3 Å². The van der Waals surface area contributed by atoms with Gasteiger partial charge in [0.2, 0.25) is 0 Å². The number of aryl methyl sites for hydroxylation is 1. The second kappa shape index (κ2) is 4.94. The molecule has 16 heavy (non-hydrogen) atoms. The lowest BCUT2D eigenvalue weighted by atomic mass is 10.2. The summed E-state index contributed by atoms with van der Waals surface area (Å²) in [6, 6.07) is 9.26. The van der Waals surface area contributed by atoms with Gasteiger partial charge >= 0.3 is 0 Å². The second-order valence-electron chi connectivity index (χ2n) is 3.63. The molecule has 2 rings (SSSR count). The molecule has 1 aromatic carbocycles. The third-order valence-electron chi connectivity index (χ3n) is 2.44. The highest BCUT2D eigenvalue weighted by molar-refractivity contribution is 7.08. The molecule has 0 aliphatic carbocycles. The normalized spacial score (nSPS) is 10.1. The molecule has 1 amide bonds. The van der Waals surface area contributed by atoms with Gasteiger partial charge in [-0.2, -0.15) is 11.3 Å². The van der Waals surface area contributed by atoms with Crippen LogP contribution in [0, 0.1) is 6.92 Å². The van der Waals surface area contributed by atoms with Crippen molar-refractivity contribution in [1.82, 2.24) is 5.32 Å². The SMILES string of the molecule is Cc1cscc1CNC(=O)c1ccccc1. The van der Waals surface area contributed by atoms with Gasteiger partial charge in [-0.1, -0.05) is 18.2 Å². The first kappa shape index (κ1) is 10.9. The van der Waals surface area contributed by atoms with E-state index in [0.29, 0.717) is 12.1 Å². The van der Waals surface area contributed by atoms with E-state index in [9.17, 15) is 4.79 Å². The standard InChI is InChI=1S/C13H13NOS/c1-10-8-16-9-12(10)7-14-13(15)11-5-3-2-4-6-11/h2-6,8-9H,7H2,1H3,(H,14,15). The van der Waals surface area contributed by atoms with Crippen LogP contribution in [0.25, 0.3) is 0 Å². The maximum atomic E-state index is 11.7. The number of amides is 1. The van der Waals surface area contributed by atoms with Gasteiger partial charge in [-0.25, -0.2) is 0 Å². The summed E-state index contributed by atoms with van der Waals surface area (Å²) >= 11 is 1.66. The summed E-state index contributed by atoms with van der Waals surface area (Å²) in [5, 5.41) is 7.07. The molecule has 0 fully saturated rings. The quantitative estimate of drug-likeness (QED) is 0.864. The van der Waals surface area contributed by atoms with Crippen molar-refractivity contribution in [1.29, 1.82) is 0 Å². The van der Waals surface area contributed by atoms with E-state index in [0.717, 1.165) is 0 Å². The molecule has 0 aliphatic rings. The number of rotatable bonds is 3. The molecule has 0 unspecified atom stereocenters. The van der Waals surface area contributed by atoms with E-state index in [4.69, 9.17) is 0 Å². The number of nitrogens with one attached hydrogen (secondary N) is 1. The van der Waals surface area contributed by atoms with Crippen LogP contribution in [-0.2, 0) is 6.54 Å². The Morgan fingerprint density at radius 1 is 1.25 bits per heavy atom. The van der Waals surface area contributed by atoms with Crippen molar-refractivity contribution in [3.63, 3.8) is 0 Å². The first-order chi connectivity index (χ1) is 7.77. The predicted octanol–water partition coefficient (Wildman–Crippen LogP) is 2.99. The van der Waals surface area contributed by atoms with E-state index < -0.39 is 0 Å². The Kier molecular flexibility index (Phi) is 3.37. The Labute approximate surface area is 98.9 Å². The number of benzene rings is 1. The Balaban J connectivity index is 1.97.